The molecule has 0 heterocycles. The van der Waals surface area contributed by atoms with Crippen molar-refractivity contribution in [1.29, 1.82) is 0 Å². The van der Waals surface area contributed by atoms with Gasteiger partial charge in [-0.2, -0.15) is 0 Å². The fourth-order valence-electron chi connectivity index (χ4n) is 1.42. The SMILES string of the molecule is CC(C)(C)OC(=O)Cc1c(F)cc(C(=O)O)cc1Cl. The summed E-state index contributed by atoms with van der Waals surface area (Å²) in [5, 5.41) is 8.63. The Balaban J connectivity index is 2.97. The van der Waals surface area contributed by atoms with E-state index in [9.17, 15) is 14.0 Å². The molecule has 0 aliphatic heterocycles. The van der Waals surface area contributed by atoms with E-state index in [4.69, 9.17) is 21.4 Å². The average Bonchev–Trinajstić information content (AvgIpc) is 2.20. The first-order chi connectivity index (χ1) is 8.60. The molecule has 0 aliphatic rings. The maximum Gasteiger partial charge on any atom is 0.335 e. The Morgan fingerprint density at radius 2 is 1.95 bits per heavy atom. The Kier molecular flexibility index (Phi) is 4.52. The van der Waals surface area contributed by atoms with Gasteiger partial charge < -0.3 is 9.84 Å². The number of hydrogen-bond donors (Lipinski definition) is 1. The minimum Gasteiger partial charge on any atom is -0.478 e. The second-order valence-corrected chi connectivity index (χ2v) is 5.39. The highest BCUT2D eigenvalue weighted by Gasteiger charge is 2.20. The van der Waals surface area contributed by atoms with Crippen LogP contribution >= 0.6 is 11.6 Å². The molecule has 0 atom stereocenters. The number of aromatic carboxylic acids is 1. The van der Waals surface area contributed by atoms with Crippen LogP contribution in [0, 0.1) is 5.82 Å². The lowest BCUT2D eigenvalue weighted by molar-refractivity contribution is -0.153. The lowest BCUT2D eigenvalue weighted by atomic mass is 10.1. The number of carbonyl (C=O) groups is 2. The smallest absolute Gasteiger partial charge is 0.335 e. The van der Waals surface area contributed by atoms with Gasteiger partial charge in [-0.25, -0.2) is 9.18 Å². The molecule has 0 spiro atoms. The normalized spacial score (nSPS) is 11.2. The van der Waals surface area contributed by atoms with E-state index in [1.54, 1.807) is 20.8 Å². The van der Waals surface area contributed by atoms with Gasteiger partial charge in [-0.1, -0.05) is 11.6 Å². The number of carboxylic acids is 1. The molecule has 4 nitrogen and oxygen atoms in total. The van der Waals surface area contributed by atoms with Gasteiger partial charge >= 0.3 is 11.9 Å². The maximum atomic E-state index is 13.7. The summed E-state index contributed by atoms with van der Waals surface area (Å²) in [7, 11) is 0. The van der Waals surface area contributed by atoms with Crippen molar-refractivity contribution in [3.05, 3.63) is 34.1 Å². The summed E-state index contributed by atoms with van der Waals surface area (Å²) in [6.07, 6.45) is -0.345. The van der Waals surface area contributed by atoms with Gasteiger partial charge in [-0.15, -0.1) is 0 Å². The molecule has 0 aliphatic carbocycles. The van der Waals surface area contributed by atoms with Gasteiger partial charge in [0.2, 0.25) is 0 Å². The zero-order chi connectivity index (χ0) is 14.8. The summed E-state index contributed by atoms with van der Waals surface area (Å²) in [5.74, 6) is -2.75. The molecule has 0 amide bonds. The highest BCUT2D eigenvalue weighted by molar-refractivity contribution is 6.31. The zero-order valence-electron chi connectivity index (χ0n) is 10.8. The molecular formula is C13H14ClFO4. The van der Waals surface area contributed by atoms with E-state index < -0.39 is 23.4 Å². The second kappa shape index (κ2) is 5.57. The molecule has 0 saturated heterocycles. The highest BCUT2D eigenvalue weighted by Crippen LogP contribution is 2.23. The molecule has 0 aromatic heterocycles. The number of esters is 1. The Morgan fingerprint density at radius 1 is 1.37 bits per heavy atom. The first-order valence-electron chi connectivity index (χ1n) is 5.53. The summed E-state index contributed by atoms with van der Waals surface area (Å²) < 4.78 is 18.8. The second-order valence-electron chi connectivity index (χ2n) is 4.99. The van der Waals surface area contributed by atoms with Crippen molar-refractivity contribution < 1.29 is 23.8 Å². The van der Waals surface area contributed by atoms with Gasteiger partial charge in [-0.05, 0) is 32.9 Å². The van der Waals surface area contributed by atoms with Gasteiger partial charge in [0.05, 0.1) is 12.0 Å². The predicted octanol–water partition coefficient (Wildman–Crippen LogP) is 3.06. The van der Waals surface area contributed by atoms with Crippen LogP contribution in [0.5, 0.6) is 0 Å². The summed E-state index contributed by atoms with van der Waals surface area (Å²) in [5.41, 5.74) is -1.02. The standard InChI is InChI=1S/C13H14ClFO4/c1-13(2,3)19-11(16)6-8-9(14)4-7(12(17)18)5-10(8)15/h4-5H,6H2,1-3H3,(H,17,18). The van der Waals surface area contributed by atoms with Crippen LogP contribution in [-0.2, 0) is 16.0 Å². The number of rotatable bonds is 3. The first-order valence-corrected chi connectivity index (χ1v) is 5.91. The number of carbonyl (C=O) groups excluding carboxylic acids is 1. The molecule has 6 heteroatoms. The molecule has 1 rings (SSSR count). The van der Waals surface area contributed by atoms with Gasteiger partial charge in [-0.3, -0.25) is 4.79 Å². The highest BCUT2D eigenvalue weighted by atomic mass is 35.5. The third kappa shape index (κ3) is 4.52. The summed E-state index contributed by atoms with van der Waals surface area (Å²) in [6.45, 7) is 5.07. The number of halogens is 2. The lowest BCUT2D eigenvalue weighted by Crippen LogP contribution is -2.25. The molecular weight excluding hydrogens is 275 g/mol. The van der Waals surface area contributed by atoms with Crippen LogP contribution in [0.3, 0.4) is 0 Å². The van der Waals surface area contributed by atoms with Gasteiger partial charge in [0.25, 0.3) is 0 Å². The van der Waals surface area contributed by atoms with E-state index in [0.717, 1.165) is 12.1 Å². The number of hydrogen-bond acceptors (Lipinski definition) is 3. The molecule has 1 aromatic carbocycles. The molecule has 0 radical (unpaired) electrons. The topological polar surface area (TPSA) is 63.6 Å². The van der Waals surface area contributed by atoms with Crippen LogP contribution < -0.4 is 0 Å². The Labute approximate surface area is 115 Å². The van der Waals surface area contributed by atoms with E-state index >= 15 is 0 Å². The van der Waals surface area contributed by atoms with E-state index in [2.05, 4.69) is 0 Å². The summed E-state index contributed by atoms with van der Waals surface area (Å²) in [6, 6.07) is 1.93. The van der Waals surface area contributed by atoms with Crippen molar-refractivity contribution in [2.24, 2.45) is 0 Å². The fraction of sp³-hybridized carbons (Fsp3) is 0.385. The molecule has 0 unspecified atom stereocenters. The number of benzene rings is 1. The minimum absolute atomic E-state index is 0.0686. The van der Waals surface area contributed by atoms with Crippen LogP contribution in [0.15, 0.2) is 12.1 Å². The summed E-state index contributed by atoms with van der Waals surface area (Å²) >= 11 is 5.78. The van der Waals surface area contributed by atoms with Crippen molar-refractivity contribution in [3.63, 3.8) is 0 Å². The van der Waals surface area contributed by atoms with E-state index in [1.165, 1.54) is 0 Å². The van der Waals surface area contributed by atoms with Crippen LogP contribution in [0.1, 0.15) is 36.7 Å². The Morgan fingerprint density at radius 3 is 2.37 bits per heavy atom. The molecule has 0 bridgehead atoms. The first kappa shape index (κ1) is 15.4. The van der Waals surface area contributed by atoms with Crippen molar-refractivity contribution >= 4 is 23.5 Å². The van der Waals surface area contributed by atoms with Crippen LogP contribution in [-0.4, -0.2) is 22.6 Å². The molecule has 0 fully saturated rings. The van der Waals surface area contributed by atoms with E-state index in [-0.39, 0.29) is 22.6 Å². The van der Waals surface area contributed by atoms with Gasteiger partial charge in [0.1, 0.15) is 11.4 Å². The predicted molar refractivity (Wildman–Crippen MR) is 67.9 cm³/mol. The largest absolute Gasteiger partial charge is 0.478 e. The average molecular weight is 289 g/mol. The molecule has 0 saturated carbocycles. The number of carboxylic acid groups (broad SMARTS) is 1. The molecule has 104 valence electrons. The third-order valence-corrected chi connectivity index (χ3v) is 2.47. The minimum atomic E-state index is -1.29. The summed E-state index contributed by atoms with van der Waals surface area (Å²) in [4.78, 5) is 22.3. The van der Waals surface area contributed by atoms with Crippen LogP contribution in [0.25, 0.3) is 0 Å². The van der Waals surface area contributed by atoms with Crippen LogP contribution in [0.2, 0.25) is 5.02 Å². The van der Waals surface area contributed by atoms with Crippen molar-refractivity contribution in [1.82, 2.24) is 0 Å². The number of ether oxygens (including phenoxy) is 1. The molecule has 19 heavy (non-hydrogen) atoms. The third-order valence-electron chi connectivity index (χ3n) is 2.13. The maximum absolute atomic E-state index is 13.7. The zero-order valence-corrected chi connectivity index (χ0v) is 11.5. The Bertz CT molecular complexity index is 497. The quantitative estimate of drug-likeness (QED) is 0.868. The van der Waals surface area contributed by atoms with Crippen molar-refractivity contribution in [3.8, 4) is 0 Å². The molecule has 1 N–H and O–H groups in total. The van der Waals surface area contributed by atoms with Crippen molar-refractivity contribution in [2.45, 2.75) is 32.8 Å². The fourth-order valence-corrected chi connectivity index (χ4v) is 1.69. The van der Waals surface area contributed by atoms with Crippen molar-refractivity contribution in [2.75, 3.05) is 0 Å². The van der Waals surface area contributed by atoms with E-state index in [1.807, 2.05) is 0 Å². The van der Waals surface area contributed by atoms with Gasteiger partial charge in [0.15, 0.2) is 0 Å². The molecule has 1 aromatic rings. The van der Waals surface area contributed by atoms with E-state index in [0.29, 0.717) is 0 Å². The van der Waals surface area contributed by atoms with Crippen LogP contribution in [0.4, 0.5) is 4.39 Å². The monoisotopic (exact) mass is 288 g/mol. The lowest BCUT2D eigenvalue weighted by Gasteiger charge is -2.19. The Hall–Kier alpha value is -1.62. The van der Waals surface area contributed by atoms with Gasteiger partial charge in [0, 0.05) is 10.6 Å².